The van der Waals surface area contributed by atoms with Crippen molar-refractivity contribution in [3.63, 3.8) is 0 Å². The Morgan fingerprint density at radius 3 is 2.63 bits per heavy atom. The smallest absolute Gasteiger partial charge is 0.408 e. The lowest BCUT2D eigenvalue weighted by molar-refractivity contribution is 0.0942. The maximum Gasteiger partial charge on any atom is 0.417 e. The summed E-state index contributed by atoms with van der Waals surface area (Å²) in [5.74, 6) is -3.28. The zero-order valence-corrected chi connectivity index (χ0v) is 17.8. The van der Waals surface area contributed by atoms with E-state index in [9.17, 15) is 23.2 Å². The number of aromatic amines is 1. The first-order chi connectivity index (χ1) is 16.9. The fraction of sp³-hybridized carbons (Fsp3) is 0.0870. The number of halogens is 2. The predicted octanol–water partition coefficient (Wildman–Crippen LogP) is 2.30. The van der Waals surface area contributed by atoms with Crippen LogP contribution in [0.1, 0.15) is 32.1 Å². The number of oxazole rings is 1. The molecule has 0 fully saturated rings. The standard InChI is InChI=1S/C23H16F2N6O4/c24-14-4-2-1-3-13(14)10-27-22(33)18-8-17(29-20-15(25)11-28-31(18)20)21(32)26-9-12-5-6-19-16(7-12)30-23(34)35-19/h1-8,11H,9-10H2,(H,26,32)(H,27,33)(H,30,34). The van der Waals surface area contributed by atoms with Gasteiger partial charge in [-0.25, -0.2) is 23.1 Å². The summed E-state index contributed by atoms with van der Waals surface area (Å²) in [5.41, 5.74) is 1.07. The van der Waals surface area contributed by atoms with Crippen molar-refractivity contribution in [2.75, 3.05) is 0 Å². The molecule has 0 bridgehead atoms. The fourth-order valence-corrected chi connectivity index (χ4v) is 3.50. The Labute approximate surface area is 194 Å². The number of nitrogens with one attached hydrogen (secondary N) is 3. The van der Waals surface area contributed by atoms with Gasteiger partial charge in [0.15, 0.2) is 17.0 Å². The molecule has 0 saturated heterocycles. The summed E-state index contributed by atoms with van der Waals surface area (Å²) >= 11 is 0. The number of amides is 2. The van der Waals surface area contributed by atoms with E-state index in [2.05, 4.69) is 25.7 Å². The van der Waals surface area contributed by atoms with Crippen molar-refractivity contribution in [2.24, 2.45) is 0 Å². The lowest BCUT2D eigenvalue weighted by Gasteiger charge is -2.10. The highest BCUT2D eigenvalue weighted by molar-refractivity contribution is 5.98. The van der Waals surface area contributed by atoms with Crippen molar-refractivity contribution < 1.29 is 22.8 Å². The molecule has 3 N–H and O–H groups in total. The highest BCUT2D eigenvalue weighted by Gasteiger charge is 2.20. The number of hydrogen-bond acceptors (Lipinski definition) is 6. The number of carbonyl (C=O) groups excluding carboxylic acids is 2. The SMILES string of the molecule is O=C(NCc1ccc2oc(=O)[nH]c2c1)c1cc(C(=O)NCc2ccccc2F)n2ncc(F)c2n1. The molecule has 0 saturated carbocycles. The molecule has 5 rings (SSSR count). The number of hydrogen-bond donors (Lipinski definition) is 3. The average Bonchev–Trinajstić information content (AvgIpc) is 3.42. The third-order valence-corrected chi connectivity index (χ3v) is 5.23. The highest BCUT2D eigenvalue weighted by Crippen LogP contribution is 2.14. The van der Waals surface area contributed by atoms with Crippen LogP contribution in [0.4, 0.5) is 8.78 Å². The lowest BCUT2D eigenvalue weighted by atomic mass is 10.2. The summed E-state index contributed by atoms with van der Waals surface area (Å²) in [7, 11) is 0. The molecular weight excluding hydrogens is 462 g/mol. The van der Waals surface area contributed by atoms with Crippen LogP contribution >= 0.6 is 0 Å². The molecule has 3 heterocycles. The van der Waals surface area contributed by atoms with Gasteiger partial charge in [0.25, 0.3) is 11.8 Å². The summed E-state index contributed by atoms with van der Waals surface area (Å²) < 4.78 is 34.0. The van der Waals surface area contributed by atoms with E-state index in [1.54, 1.807) is 24.3 Å². The van der Waals surface area contributed by atoms with E-state index < -0.39 is 29.2 Å². The molecule has 0 aliphatic heterocycles. The van der Waals surface area contributed by atoms with Gasteiger partial charge in [0, 0.05) is 24.7 Å². The molecule has 10 nitrogen and oxygen atoms in total. The second-order valence-corrected chi connectivity index (χ2v) is 7.56. The van der Waals surface area contributed by atoms with E-state index in [4.69, 9.17) is 4.42 Å². The molecule has 5 aromatic rings. The van der Waals surface area contributed by atoms with Crippen LogP contribution in [0, 0.1) is 11.6 Å². The van der Waals surface area contributed by atoms with Crippen molar-refractivity contribution in [3.8, 4) is 0 Å². The molecule has 0 spiro atoms. The number of rotatable bonds is 6. The molecule has 12 heteroatoms. The van der Waals surface area contributed by atoms with E-state index in [1.807, 2.05) is 0 Å². The first kappa shape index (κ1) is 21.9. The summed E-state index contributed by atoms with van der Waals surface area (Å²) in [6, 6.07) is 12.0. The first-order valence-corrected chi connectivity index (χ1v) is 10.3. The second kappa shape index (κ2) is 8.82. The topological polar surface area (TPSA) is 134 Å². The van der Waals surface area contributed by atoms with Crippen LogP contribution in [0.3, 0.4) is 0 Å². The number of benzene rings is 2. The Morgan fingerprint density at radius 2 is 1.80 bits per heavy atom. The molecule has 3 aromatic heterocycles. The second-order valence-electron chi connectivity index (χ2n) is 7.56. The molecule has 0 atom stereocenters. The Morgan fingerprint density at radius 1 is 1.00 bits per heavy atom. The van der Waals surface area contributed by atoms with Crippen molar-refractivity contribution >= 4 is 28.6 Å². The third kappa shape index (κ3) is 4.36. The van der Waals surface area contributed by atoms with Crippen LogP contribution in [0.5, 0.6) is 0 Å². The van der Waals surface area contributed by atoms with Gasteiger partial charge in [-0.15, -0.1) is 0 Å². The minimum atomic E-state index is -0.822. The zero-order chi connectivity index (χ0) is 24.5. The molecule has 0 aliphatic carbocycles. The van der Waals surface area contributed by atoms with Gasteiger partial charge in [0.2, 0.25) is 0 Å². The first-order valence-electron chi connectivity index (χ1n) is 10.3. The molecule has 2 amide bonds. The van der Waals surface area contributed by atoms with Crippen LogP contribution in [0.25, 0.3) is 16.7 Å². The number of H-pyrrole nitrogens is 1. The lowest BCUT2D eigenvalue weighted by Crippen LogP contribution is -2.28. The predicted molar refractivity (Wildman–Crippen MR) is 119 cm³/mol. The van der Waals surface area contributed by atoms with Gasteiger partial charge in [-0.2, -0.15) is 5.10 Å². The Balaban J connectivity index is 1.37. The van der Waals surface area contributed by atoms with Gasteiger partial charge in [-0.05, 0) is 23.8 Å². The van der Waals surface area contributed by atoms with Gasteiger partial charge in [0.05, 0.1) is 11.7 Å². The number of nitrogens with zero attached hydrogens (tertiary/aromatic N) is 3. The van der Waals surface area contributed by atoms with E-state index in [0.29, 0.717) is 16.7 Å². The van der Waals surface area contributed by atoms with Crippen LogP contribution in [-0.4, -0.2) is 31.4 Å². The monoisotopic (exact) mass is 478 g/mol. The molecule has 2 aromatic carbocycles. The van der Waals surface area contributed by atoms with E-state index in [-0.39, 0.29) is 35.7 Å². The van der Waals surface area contributed by atoms with Crippen molar-refractivity contribution in [1.82, 2.24) is 30.2 Å². The van der Waals surface area contributed by atoms with E-state index in [0.717, 1.165) is 10.7 Å². The summed E-state index contributed by atoms with van der Waals surface area (Å²) in [6.07, 6.45) is 0.874. The Kier molecular flexibility index (Phi) is 5.53. The summed E-state index contributed by atoms with van der Waals surface area (Å²) in [5, 5.41) is 8.99. The largest absolute Gasteiger partial charge is 0.417 e. The van der Waals surface area contributed by atoms with Crippen LogP contribution in [-0.2, 0) is 13.1 Å². The maximum atomic E-state index is 14.2. The van der Waals surface area contributed by atoms with E-state index in [1.165, 1.54) is 24.3 Å². The fourth-order valence-electron chi connectivity index (χ4n) is 3.50. The van der Waals surface area contributed by atoms with Gasteiger partial charge in [-0.3, -0.25) is 14.6 Å². The number of fused-ring (bicyclic) bond motifs is 2. The highest BCUT2D eigenvalue weighted by atomic mass is 19.1. The minimum Gasteiger partial charge on any atom is -0.408 e. The van der Waals surface area contributed by atoms with Crippen LogP contribution in [0.2, 0.25) is 0 Å². The van der Waals surface area contributed by atoms with Crippen molar-refractivity contribution in [2.45, 2.75) is 13.1 Å². The molecule has 176 valence electrons. The van der Waals surface area contributed by atoms with Gasteiger partial charge in [0.1, 0.15) is 17.2 Å². The van der Waals surface area contributed by atoms with Gasteiger partial charge >= 0.3 is 5.76 Å². The summed E-state index contributed by atoms with van der Waals surface area (Å²) in [4.78, 5) is 43.4. The molecule has 35 heavy (non-hydrogen) atoms. The Bertz CT molecular complexity index is 1660. The van der Waals surface area contributed by atoms with Crippen molar-refractivity contribution in [1.29, 1.82) is 0 Å². The zero-order valence-electron chi connectivity index (χ0n) is 17.8. The normalized spacial score (nSPS) is 11.1. The minimum absolute atomic E-state index is 0.0609. The molecule has 0 aliphatic rings. The van der Waals surface area contributed by atoms with Crippen LogP contribution < -0.4 is 16.4 Å². The molecular formula is C23H16F2N6O4. The molecule has 0 radical (unpaired) electrons. The number of aromatic nitrogens is 4. The van der Waals surface area contributed by atoms with Crippen molar-refractivity contribution in [3.05, 3.63) is 99.4 Å². The molecule has 0 unspecified atom stereocenters. The average molecular weight is 478 g/mol. The number of carbonyl (C=O) groups is 2. The van der Waals surface area contributed by atoms with Gasteiger partial charge < -0.3 is 15.1 Å². The quantitative estimate of drug-likeness (QED) is 0.343. The third-order valence-electron chi connectivity index (χ3n) is 5.23. The maximum absolute atomic E-state index is 14.2. The van der Waals surface area contributed by atoms with Gasteiger partial charge in [-0.1, -0.05) is 24.3 Å². The van der Waals surface area contributed by atoms with E-state index >= 15 is 0 Å². The van der Waals surface area contributed by atoms with Crippen LogP contribution in [0.15, 0.2) is 63.9 Å². The Hall–Kier alpha value is -4.87. The summed E-state index contributed by atoms with van der Waals surface area (Å²) in [6.45, 7) is -0.0649.